The van der Waals surface area contributed by atoms with Gasteiger partial charge in [-0.2, -0.15) is 0 Å². The number of hydrogen-bond acceptors (Lipinski definition) is 4. The maximum atomic E-state index is 5.45. The van der Waals surface area contributed by atoms with E-state index in [0.717, 1.165) is 43.3 Å². The molecule has 0 atom stereocenters. The molecule has 3 rings (SSSR count). The van der Waals surface area contributed by atoms with E-state index in [-0.39, 0.29) is 0 Å². The Balaban J connectivity index is 2.04. The molecule has 2 aromatic rings. The third-order valence-corrected chi connectivity index (χ3v) is 4.04. The Morgan fingerprint density at radius 2 is 1.90 bits per heavy atom. The number of fused-ring (bicyclic) bond motifs is 1. The number of benzene rings is 1. The van der Waals surface area contributed by atoms with Gasteiger partial charge in [0.25, 0.3) is 0 Å². The fraction of sp³-hybridized carbons (Fsp3) is 0.438. The second-order valence-corrected chi connectivity index (χ2v) is 5.44. The molecule has 1 aliphatic heterocycles. The van der Waals surface area contributed by atoms with Gasteiger partial charge in [0, 0.05) is 31.6 Å². The lowest BCUT2D eigenvalue weighted by atomic mass is 10.1. The van der Waals surface area contributed by atoms with Crippen molar-refractivity contribution in [3.8, 4) is 5.75 Å². The minimum Gasteiger partial charge on any atom is -0.494 e. The van der Waals surface area contributed by atoms with Crippen LogP contribution in [0.4, 0.5) is 5.82 Å². The number of aromatic nitrogens is 1. The van der Waals surface area contributed by atoms with Crippen LogP contribution in [0.25, 0.3) is 10.9 Å². The second-order valence-electron chi connectivity index (χ2n) is 5.44. The zero-order valence-corrected chi connectivity index (χ0v) is 12.4. The van der Waals surface area contributed by atoms with E-state index >= 15 is 0 Å². The van der Waals surface area contributed by atoms with Crippen LogP contribution in [-0.4, -0.2) is 50.2 Å². The number of piperazine rings is 1. The predicted octanol–water partition coefficient (Wildman–Crippen LogP) is 2.30. The summed E-state index contributed by atoms with van der Waals surface area (Å²) in [6.45, 7) is 6.38. The lowest BCUT2D eigenvalue weighted by molar-refractivity contribution is 0.312. The molecule has 0 bridgehead atoms. The summed E-state index contributed by atoms with van der Waals surface area (Å²) in [5.74, 6) is 1.91. The second kappa shape index (κ2) is 5.29. The molecule has 0 unspecified atom stereocenters. The highest BCUT2D eigenvalue weighted by Crippen LogP contribution is 2.29. The first-order valence-corrected chi connectivity index (χ1v) is 7.07. The first kappa shape index (κ1) is 13.2. The first-order chi connectivity index (χ1) is 9.69. The molecule has 2 heterocycles. The molecule has 0 spiro atoms. The molecular weight excluding hydrogens is 250 g/mol. The highest BCUT2D eigenvalue weighted by molar-refractivity contribution is 5.88. The third-order valence-electron chi connectivity index (χ3n) is 4.04. The largest absolute Gasteiger partial charge is 0.494 e. The molecule has 1 fully saturated rings. The number of likely N-dealkylation sites (N-methyl/N-ethyl adjacent to an activating group) is 1. The number of ether oxygens (including phenoxy) is 1. The number of methoxy groups -OCH3 is 1. The highest BCUT2D eigenvalue weighted by atomic mass is 16.5. The van der Waals surface area contributed by atoms with Crippen LogP contribution in [-0.2, 0) is 0 Å². The Hall–Kier alpha value is -1.81. The van der Waals surface area contributed by atoms with Crippen molar-refractivity contribution in [2.24, 2.45) is 0 Å². The number of anilines is 1. The van der Waals surface area contributed by atoms with E-state index in [1.807, 2.05) is 12.1 Å². The monoisotopic (exact) mass is 271 g/mol. The lowest BCUT2D eigenvalue weighted by Gasteiger charge is -2.33. The number of nitrogens with zero attached hydrogens (tertiary/aromatic N) is 3. The molecule has 0 aliphatic carbocycles. The van der Waals surface area contributed by atoms with Crippen LogP contribution in [0.1, 0.15) is 5.56 Å². The van der Waals surface area contributed by atoms with Crippen molar-refractivity contribution in [2.75, 3.05) is 45.2 Å². The Kier molecular flexibility index (Phi) is 3.49. The van der Waals surface area contributed by atoms with Crippen LogP contribution in [0.15, 0.2) is 24.3 Å². The summed E-state index contributed by atoms with van der Waals surface area (Å²) in [4.78, 5) is 9.55. The van der Waals surface area contributed by atoms with Crippen LogP contribution in [0.5, 0.6) is 5.75 Å². The van der Waals surface area contributed by atoms with Crippen molar-refractivity contribution in [2.45, 2.75) is 6.92 Å². The zero-order valence-electron chi connectivity index (χ0n) is 12.4. The first-order valence-electron chi connectivity index (χ1n) is 7.07. The fourth-order valence-electron chi connectivity index (χ4n) is 2.74. The van der Waals surface area contributed by atoms with Gasteiger partial charge in [0.2, 0.25) is 0 Å². The van der Waals surface area contributed by atoms with E-state index in [0.29, 0.717) is 0 Å². The van der Waals surface area contributed by atoms with Gasteiger partial charge in [-0.05, 0) is 31.7 Å². The molecule has 4 heteroatoms. The van der Waals surface area contributed by atoms with Crippen LogP contribution < -0.4 is 9.64 Å². The summed E-state index contributed by atoms with van der Waals surface area (Å²) < 4.78 is 5.45. The number of rotatable bonds is 2. The minimum absolute atomic E-state index is 0.849. The average Bonchev–Trinajstić information content (AvgIpc) is 2.47. The van der Waals surface area contributed by atoms with E-state index in [1.54, 1.807) is 7.11 Å². The van der Waals surface area contributed by atoms with Gasteiger partial charge in [0.05, 0.1) is 7.11 Å². The van der Waals surface area contributed by atoms with Crippen molar-refractivity contribution in [1.82, 2.24) is 9.88 Å². The van der Waals surface area contributed by atoms with Gasteiger partial charge in [-0.3, -0.25) is 0 Å². The molecule has 1 aliphatic rings. The van der Waals surface area contributed by atoms with Gasteiger partial charge >= 0.3 is 0 Å². The normalized spacial score (nSPS) is 16.6. The lowest BCUT2D eigenvalue weighted by Crippen LogP contribution is -2.44. The predicted molar refractivity (Wildman–Crippen MR) is 82.7 cm³/mol. The molecule has 1 aromatic carbocycles. The minimum atomic E-state index is 0.849. The van der Waals surface area contributed by atoms with Gasteiger partial charge < -0.3 is 14.5 Å². The molecule has 4 nitrogen and oxygen atoms in total. The third kappa shape index (κ3) is 2.31. The average molecular weight is 271 g/mol. The molecule has 0 radical (unpaired) electrons. The van der Waals surface area contributed by atoms with E-state index in [4.69, 9.17) is 9.72 Å². The van der Waals surface area contributed by atoms with Crippen LogP contribution in [0, 0.1) is 6.92 Å². The Morgan fingerprint density at radius 3 is 2.60 bits per heavy atom. The molecule has 0 saturated carbocycles. The molecule has 0 N–H and O–H groups in total. The highest BCUT2D eigenvalue weighted by Gasteiger charge is 2.17. The smallest absolute Gasteiger partial charge is 0.145 e. The maximum absolute atomic E-state index is 5.45. The number of para-hydroxylation sites is 1. The van der Waals surface area contributed by atoms with E-state index < -0.39 is 0 Å². The van der Waals surface area contributed by atoms with Gasteiger partial charge in [-0.1, -0.05) is 12.1 Å². The molecule has 0 amide bonds. The van der Waals surface area contributed by atoms with Crippen molar-refractivity contribution in [3.05, 3.63) is 29.8 Å². The standard InChI is InChI=1S/C16H21N3O/c1-12-11-15(19-9-7-18(2)8-10-19)17-16-13(12)5-4-6-14(16)20-3/h4-6,11H,7-10H2,1-3H3. The van der Waals surface area contributed by atoms with Crippen molar-refractivity contribution < 1.29 is 4.74 Å². The molecule has 20 heavy (non-hydrogen) atoms. The maximum Gasteiger partial charge on any atom is 0.145 e. The summed E-state index contributed by atoms with van der Waals surface area (Å²) >= 11 is 0. The zero-order chi connectivity index (χ0) is 14.1. The van der Waals surface area contributed by atoms with Crippen LogP contribution in [0.3, 0.4) is 0 Å². The van der Waals surface area contributed by atoms with Crippen molar-refractivity contribution in [3.63, 3.8) is 0 Å². The number of pyridine rings is 1. The Bertz CT molecular complexity index is 618. The SMILES string of the molecule is COc1cccc2c(C)cc(N3CCN(C)CC3)nc12. The molecule has 106 valence electrons. The molecule has 1 aromatic heterocycles. The summed E-state index contributed by atoms with van der Waals surface area (Å²) in [5.41, 5.74) is 2.21. The molecular formula is C16H21N3O. The van der Waals surface area contributed by atoms with E-state index in [9.17, 15) is 0 Å². The molecule has 1 saturated heterocycles. The van der Waals surface area contributed by atoms with Crippen LogP contribution >= 0.6 is 0 Å². The van der Waals surface area contributed by atoms with Crippen LogP contribution in [0.2, 0.25) is 0 Å². The topological polar surface area (TPSA) is 28.6 Å². The van der Waals surface area contributed by atoms with Crippen molar-refractivity contribution in [1.29, 1.82) is 0 Å². The summed E-state index contributed by atoms with van der Waals surface area (Å²) in [5, 5.41) is 1.17. The van der Waals surface area contributed by atoms with Crippen molar-refractivity contribution >= 4 is 16.7 Å². The Morgan fingerprint density at radius 1 is 1.15 bits per heavy atom. The quantitative estimate of drug-likeness (QED) is 0.838. The summed E-state index contributed by atoms with van der Waals surface area (Å²) in [7, 11) is 3.87. The van der Waals surface area contributed by atoms with E-state index in [2.05, 4.69) is 35.9 Å². The van der Waals surface area contributed by atoms with Gasteiger partial charge in [-0.15, -0.1) is 0 Å². The number of aryl methyl sites for hydroxylation is 1. The van der Waals surface area contributed by atoms with Gasteiger partial charge in [-0.25, -0.2) is 4.98 Å². The summed E-state index contributed by atoms with van der Waals surface area (Å²) in [6, 6.07) is 8.29. The van der Waals surface area contributed by atoms with Gasteiger partial charge in [0.1, 0.15) is 17.1 Å². The fourth-order valence-corrected chi connectivity index (χ4v) is 2.74. The number of hydrogen-bond donors (Lipinski definition) is 0. The summed E-state index contributed by atoms with van der Waals surface area (Å²) in [6.07, 6.45) is 0. The Labute approximate surface area is 120 Å². The van der Waals surface area contributed by atoms with Gasteiger partial charge in [0.15, 0.2) is 0 Å². The van der Waals surface area contributed by atoms with E-state index in [1.165, 1.54) is 10.9 Å².